The van der Waals surface area contributed by atoms with Crippen molar-refractivity contribution < 1.29 is 19.1 Å². The van der Waals surface area contributed by atoms with Crippen LogP contribution in [0.3, 0.4) is 0 Å². The van der Waals surface area contributed by atoms with Crippen molar-refractivity contribution in [2.45, 2.75) is 207 Å². The van der Waals surface area contributed by atoms with E-state index in [4.69, 9.17) is 9.47 Å². The maximum absolute atomic E-state index is 12.7. The highest BCUT2D eigenvalue weighted by atomic mass is 16.5. The van der Waals surface area contributed by atoms with Crippen molar-refractivity contribution in [3.63, 3.8) is 0 Å². The molecule has 0 spiro atoms. The topological polar surface area (TPSA) is 114 Å². The number of hydrogen-bond acceptors (Lipinski definition) is 9. The predicted octanol–water partition coefficient (Wildman–Crippen LogP) is 10.5. The Morgan fingerprint density at radius 3 is 1.58 bits per heavy atom. The molecule has 1 atom stereocenters. The zero-order chi connectivity index (χ0) is 38.8. The Balaban J connectivity index is 2.36. The number of unbranched alkanes of at least 4 members (excludes halogenated alkanes) is 18. The van der Waals surface area contributed by atoms with E-state index >= 15 is 0 Å². The average molecular weight is 748 g/mol. The number of nitrogens with zero attached hydrogens (tertiary/aromatic N) is 1. The van der Waals surface area contributed by atoms with Crippen LogP contribution in [-0.4, -0.2) is 62.8 Å². The van der Waals surface area contributed by atoms with Gasteiger partial charge in [-0.15, -0.1) is 0 Å². The first-order chi connectivity index (χ1) is 25.9. The molecule has 1 unspecified atom stereocenters. The van der Waals surface area contributed by atoms with Crippen LogP contribution in [0.2, 0.25) is 0 Å². The maximum atomic E-state index is 12.7. The molecule has 308 valence electrons. The predicted molar refractivity (Wildman–Crippen MR) is 223 cm³/mol. The van der Waals surface area contributed by atoms with Crippen molar-refractivity contribution in [2.75, 3.05) is 50.5 Å². The van der Waals surface area contributed by atoms with Gasteiger partial charge in [0.15, 0.2) is 0 Å². The van der Waals surface area contributed by atoms with Crippen LogP contribution < -0.4 is 21.5 Å². The molecule has 0 saturated carbocycles. The minimum atomic E-state index is -0.436. The fraction of sp³-hybridized carbons (Fsp3) is 0.864. The lowest BCUT2D eigenvalue weighted by atomic mass is 10.0. The van der Waals surface area contributed by atoms with E-state index in [9.17, 15) is 19.2 Å². The highest BCUT2D eigenvalue weighted by Gasteiger charge is 2.19. The summed E-state index contributed by atoms with van der Waals surface area (Å²) >= 11 is 0. The summed E-state index contributed by atoms with van der Waals surface area (Å²) in [6.45, 7) is 11.0. The molecule has 53 heavy (non-hydrogen) atoms. The molecule has 9 heteroatoms. The standard InChI is InChI=1S/C44H81N3O6/c1-5-8-11-15-21-30-38(29-20-12-9-6-2)53-40(49)32-23-17-14-19-26-35-47(36-27-24-33-46-42-41(45-4)43(50)44(42)51)34-25-18-13-16-22-31-39(48)52-37-28-10-7-3/h38,45-46H,5-37H2,1-4H3. The summed E-state index contributed by atoms with van der Waals surface area (Å²) < 4.78 is 11.3. The van der Waals surface area contributed by atoms with Crippen LogP contribution in [0.25, 0.3) is 0 Å². The molecule has 0 bridgehead atoms. The number of nitrogens with one attached hydrogen (secondary N) is 2. The number of hydrogen-bond donors (Lipinski definition) is 2. The molecule has 2 N–H and O–H groups in total. The maximum Gasteiger partial charge on any atom is 0.306 e. The van der Waals surface area contributed by atoms with Crippen LogP contribution in [-0.2, 0) is 19.1 Å². The van der Waals surface area contributed by atoms with Gasteiger partial charge in [0.2, 0.25) is 0 Å². The molecular weight excluding hydrogens is 666 g/mol. The number of anilines is 2. The largest absolute Gasteiger partial charge is 0.466 e. The van der Waals surface area contributed by atoms with Crippen LogP contribution >= 0.6 is 0 Å². The molecule has 0 saturated heterocycles. The van der Waals surface area contributed by atoms with Crippen molar-refractivity contribution in [3.8, 4) is 0 Å². The van der Waals surface area contributed by atoms with Gasteiger partial charge in [0.05, 0.1) is 6.61 Å². The Morgan fingerprint density at radius 1 is 0.547 bits per heavy atom. The lowest BCUT2D eigenvalue weighted by Crippen LogP contribution is -2.37. The first kappa shape index (κ1) is 48.6. The van der Waals surface area contributed by atoms with Crippen molar-refractivity contribution in [3.05, 3.63) is 20.4 Å². The van der Waals surface area contributed by atoms with Gasteiger partial charge < -0.3 is 25.0 Å². The molecule has 0 aliphatic carbocycles. The van der Waals surface area contributed by atoms with Crippen molar-refractivity contribution in [1.29, 1.82) is 0 Å². The molecular formula is C44H81N3O6. The van der Waals surface area contributed by atoms with E-state index in [1.165, 1.54) is 44.9 Å². The smallest absolute Gasteiger partial charge is 0.306 e. The third-order valence-corrected chi connectivity index (χ3v) is 10.4. The van der Waals surface area contributed by atoms with Crippen molar-refractivity contribution in [2.24, 2.45) is 0 Å². The second-order valence-corrected chi connectivity index (χ2v) is 15.3. The number of carbonyl (C=O) groups is 2. The third-order valence-electron chi connectivity index (χ3n) is 10.4. The van der Waals surface area contributed by atoms with Gasteiger partial charge in [0.25, 0.3) is 10.9 Å². The molecule has 0 heterocycles. The van der Waals surface area contributed by atoms with Gasteiger partial charge in [-0.1, -0.05) is 117 Å². The molecule has 0 radical (unpaired) electrons. The summed E-state index contributed by atoms with van der Waals surface area (Å²) in [6, 6.07) is 0. The summed E-state index contributed by atoms with van der Waals surface area (Å²) in [5.74, 6) is -0.0625. The highest BCUT2D eigenvalue weighted by molar-refractivity contribution is 5.73. The summed E-state index contributed by atoms with van der Waals surface area (Å²) in [7, 11) is 1.67. The summed E-state index contributed by atoms with van der Waals surface area (Å²) in [4.78, 5) is 50.7. The van der Waals surface area contributed by atoms with Crippen molar-refractivity contribution >= 4 is 23.3 Å². The quantitative estimate of drug-likeness (QED) is 0.0386. The van der Waals surface area contributed by atoms with E-state index in [2.05, 4.69) is 36.3 Å². The summed E-state index contributed by atoms with van der Waals surface area (Å²) in [5.41, 5.74) is -0.0411. The van der Waals surface area contributed by atoms with E-state index in [1.807, 2.05) is 0 Å². The van der Waals surface area contributed by atoms with Gasteiger partial charge in [-0.05, 0) is 90.3 Å². The van der Waals surface area contributed by atoms with Gasteiger partial charge >= 0.3 is 11.9 Å². The average Bonchev–Trinajstić information content (AvgIpc) is 3.15. The second-order valence-electron chi connectivity index (χ2n) is 15.3. The molecule has 0 aliphatic rings. The zero-order valence-electron chi connectivity index (χ0n) is 34.8. The molecule has 0 aliphatic heterocycles. The third kappa shape index (κ3) is 25.3. The molecule has 1 aromatic carbocycles. The fourth-order valence-corrected chi connectivity index (χ4v) is 6.97. The Labute approximate surface area is 324 Å². The molecule has 1 aromatic rings. The molecule has 1 rings (SSSR count). The minimum Gasteiger partial charge on any atom is -0.466 e. The first-order valence-electron chi connectivity index (χ1n) is 22.2. The van der Waals surface area contributed by atoms with Crippen LogP contribution in [0.1, 0.15) is 201 Å². The normalized spacial score (nSPS) is 12.0. The number of esters is 2. The van der Waals surface area contributed by atoms with Gasteiger partial charge in [-0.3, -0.25) is 19.2 Å². The van der Waals surface area contributed by atoms with E-state index in [1.54, 1.807) is 7.05 Å². The van der Waals surface area contributed by atoms with E-state index in [0.717, 1.165) is 142 Å². The minimum absolute atomic E-state index is 0.00574. The van der Waals surface area contributed by atoms with E-state index < -0.39 is 10.9 Å². The zero-order valence-corrected chi connectivity index (χ0v) is 34.8. The van der Waals surface area contributed by atoms with Gasteiger partial charge in [-0.2, -0.15) is 0 Å². The van der Waals surface area contributed by atoms with Crippen LogP contribution in [0.15, 0.2) is 9.59 Å². The SMILES string of the molecule is CCCCCCCC(CCCCCC)OC(=O)CCCCCCCN(CCCCCCCC(=O)OCCCCC)CCCCNc1c(NC)c(=O)c1=O. The monoisotopic (exact) mass is 748 g/mol. The first-order valence-corrected chi connectivity index (χ1v) is 22.2. The van der Waals surface area contributed by atoms with Crippen LogP contribution in [0.5, 0.6) is 0 Å². The fourth-order valence-electron chi connectivity index (χ4n) is 6.97. The van der Waals surface area contributed by atoms with Gasteiger partial charge in [0.1, 0.15) is 17.5 Å². The lowest BCUT2D eigenvalue weighted by molar-refractivity contribution is -0.150. The Bertz CT molecular complexity index is 1100. The van der Waals surface area contributed by atoms with Gasteiger partial charge in [-0.25, -0.2) is 0 Å². The van der Waals surface area contributed by atoms with Crippen molar-refractivity contribution in [1.82, 2.24) is 4.90 Å². The van der Waals surface area contributed by atoms with Gasteiger partial charge in [0, 0.05) is 26.4 Å². The van der Waals surface area contributed by atoms with E-state index in [-0.39, 0.29) is 18.0 Å². The molecule has 0 fully saturated rings. The Hall–Kier alpha value is -2.42. The van der Waals surface area contributed by atoms with Crippen LogP contribution in [0, 0.1) is 0 Å². The van der Waals surface area contributed by atoms with Crippen LogP contribution in [0.4, 0.5) is 11.4 Å². The number of ether oxygens (including phenoxy) is 2. The summed E-state index contributed by atoms with van der Waals surface area (Å²) in [5, 5.41) is 5.97. The number of carbonyl (C=O) groups excluding carboxylic acids is 2. The molecule has 9 nitrogen and oxygen atoms in total. The van der Waals surface area contributed by atoms with E-state index in [0.29, 0.717) is 37.4 Å². The Kier molecular flexibility index (Phi) is 31.3. The summed E-state index contributed by atoms with van der Waals surface area (Å²) in [6.07, 6.45) is 30.3. The molecule has 0 amide bonds. The lowest BCUT2D eigenvalue weighted by Gasteiger charge is -2.22. The Morgan fingerprint density at radius 2 is 1.00 bits per heavy atom. The number of rotatable bonds is 39. The second kappa shape index (κ2) is 34.1. The highest BCUT2D eigenvalue weighted by Crippen LogP contribution is 2.18. The molecule has 0 aromatic heterocycles.